The van der Waals surface area contributed by atoms with Crippen LogP contribution < -0.4 is 0 Å². The van der Waals surface area contributed by atoms with E-state index in [0.717, 1.165) is 12.3 Å². The Labute approximate surface area is 106 Å². The van der Waals surface area contributed by atoms with E-state index in [0.29, 0.717) is 0 Å². The van der Waals surface area contributed by atoms with E-state index in [2.05, 4.69) is 4.98 Å². The number of aliphatic hydroxyl groups excluding tert-OH is 2. The third-order valence-electron chi connectivity index (χ3n) is 2.13. The van der Waals surface area contributed by atoms with Crippen LogP contribution in [-0.4, -0.2) is 37.3 Å². The van der Waals surface area contributed by atoms with Crippen LogP contribution in [-0.2, 0) is 4.79 Å². The maximum atomic E-state index is 10.6. The maximum Gasteiger partial charge on any atom is 0.306 e. The van der Waals surface area contributed by atoms with Crippen molar-refractivity contribution in [2.45, 2.75) is 18.6 Å². The molecule has 2 unspecified atom stereocenters. The van der Waals surface area contributed by atoms with E-state index in [-0.39, 0.29) is 10.7 Å². The molecule has 0 radical (unpaired) electrons. The van der Waals surface area contributed by atoms with Crippen molar-refractivity contribution in [3.8, 4) is 0 Å². The number of nitro groups is 1. The largest absolute Gasteiger partial charge is 0.481 e. The Morgan fingerprint density at radius 3 is 2.67 bits per heavy atom. The Morgan fingerprint density at radius 2 is 2.17 bits per heavy atom. The van der Waals surface area contributed by atoms with Gasteiger partial charge in [-0.25, -0.2) is 4.98 Å². The second-order valence-corrected chi connectivity index (χ2v) is 3.80. The van der Waals surface area contributed by atoms with Gasteiger partial charge in [0.25, 0.3) is 0 Å². The van der Waals surface area contributed by atoms with Gasteiger partial charge in [-0.05, 0) is 0 Å². The summed E-state index contributed by atoms with van der Waals surface area (Å²) >= 11 is 5.47. The monoisotopic (exact) mass is 276 g/mol. The molecule has 0 bridgehead atoms. The van der Waals surface area contributed by atoms with Crippen LogP contribution in [0.3, 0.4) is 0 Å². The van der Waals surface area contributed by atoms with Gasteiger partial charge in [0.2, 0.25) is 5.15 Å². The third-order valence-corrected chi connectivity index (χ3v) is 2.42. The van der Waals surface area contributed by atoms with Gasteiger partial charge in [0.15, 0.2) is 0 Å². The van der Waals surface area contributed by atoms with Crippen LogP contribution in [0.15, 0.2) is 12.3 Å². The molecule has 0 aliphatic heterocycles. The van der Waals surface area contributed by atoms with Gasteiger partial charge < -0.3 is 15.3 Å². The lowest BCUT2D eigenvalue weighted by atomic mass is 10.0. The molecule has 0 aromatic carbocycles. The molecule has 9 heteroatoms. The lowest BCUT2D eigenvalue weighted by Gasteiger charge is -2.15. The highest BCUT2D eigenvalue weighted by molar-refractivity contribution is 6.31. The molecule has 8 nitrogen and oxygen atoms in total. The first kappa shape index (κ1) is 14.3. The molecule has 1 rings (SSSR count). The van der Waals surface area contributed by atoms with E-state index >= 15 is 0 Å². The summed E-state index contributed by atoms with van der Waals surface area (Å²) in [6.45, 7) is 0. The van der Waals surface area contributed by atoms with Crippen molar-refractivity contribution in [3.63, 3.8) is 0 Å². The standard InChI is InChI=1S/C9H9ClN2O6/c10-9-5(12(17)18)1-4(3-11-9)8(16)6(13)2-7(14)15/h1,3,6,8,13,16H,2H2,(H,14,15). The van der Waals surface area contributed by atoms with Gasteiger partial charge in [-0.1, -0.05) is 11.6 Å². The number of aromatic nitrogens is 1. The first-order chi connectivity index (χ1) is 8.32. The van der Waals surface area contributed by atoms with E-state index in [1.165, 1.54) is 0 Å². The molecule has 0 aliphatic carbocycles. The number of aliphatic carboxylic acids is 1. The number of nitrogens with zero attached hydrogens (tertiary/aromatic N) is 2. The smallest absolute Gasteiger partial charge is 0.306 e. The number of hydrogen-bond acceptors (Lipinski definition) is 6. The molecule has 1 aromatic heterocycles. The van der Waals surface area contributed by atoms with E-state index < -0.39 is 35.2 Å². The van der Waals surface area contributed by atoms with Gasteiger partial charge in [-0.3, -0.25) is 14.9 Å². The van der Waals surface area contributed by atoms with Crippen molar-refractivity contribution in [2.24, 2.45) is 0 Å². The molecule has 0 spiro atoms. The number of carboxylic acid groups (broad SMARTS) is 1. The molecule has 0 fully saturated rings. The Bertz CT molecular complexity index is 480. The molecular formula is C9H9ClN2O6. The fourth-order valence-electron chi connectivity index (χ4n) is 1.25. The molecule has 1 heterocycles. The number of aliphatic hydroxyl groups is 2. The summed E-state index contributed by atoms with van der Waals surface area (Å²) in [5, 5.41) is 37.7. The molecule has 0 aliphatic rings. The Balaban J connectivity index is 2.99. The predicted octanol–water partition coefficient (Wildman–Crippen LogP) is 0.512. The van der Waals surface area contributed by atoms with E-state index in [4.69, 9.17) is 16.7 Å². The molecular weight excluding hydrogens is 268 g/mol. The lowest BCUT2D eigenvalue weighted by Crippen LogP contribution is -2.22. The number of rotatable bonds is 5. The van der Waals surface area contributed by atoms with Crippen molar-refractivity contribution in [3.05, 3.63) is 33.1 Å². The van der Waals surface area contributed by atoms with E-state index in [9.17, 15) is 25.1 Å². The van der Waals surface area contributed by atoms with Gasteiger partial charge in [0.1, 0.15) is 6.10 Å². The SMILES string of the molecule is O=C(O)CC(O)C(O)c1cnc(Cl)c([N+](=O)[O-])c1. The van der Waals surface area contributed by atoms with Crippen LogP contribution in [0.5, 0.6) is 0 Å². The summed E-state index contributed by atoms with van der Waals surface area (Å²) in [4.78, 5) is 23.6. The number of halogens is 1. The first-order valence-electron chi connectivity index (χ1n) is 4.70. The second kappa shape index (κ2) is 5.71. The van der Waals surface area contributed by atoms with Crippen LogP contribution in [0, 0.1) is 10.1 Å². The van der Waals surface area contributed by atoms with Crippen LogP contribution >= 0.6 is 11.6 Å². The second-order valence-electron chi connectivity index (χ2n) is 3.45. The van der Waals surface area contributed by atoms with Crippen molar-refractivity contribution in [1.82, 2.24) is 4.98 Å². The third kappa shape index (κ3) is 3.36. The zero-order chi connectivity index (χ0) is 13.9. The average Bonchev–Trinajstić information content (AvgIpc) is 2.27. The summed E-state index contributed by atoms with van der Waals surface area (Å²) in [5.41, 5.74) is -0.615. The predicted molar refractivity (Wildman–Crippen MR) is 59.1 cm³/mol. The van der Waals surface area contributed by atoms with Crippen molar-refractivity contribution >= 4 is 23.3 Å². The lowest BCUT2D eigenvalue weighted by molar-refractivity contribution is -0.385. The van der Waals surface area contributed by atoms with Crippen LogP contribution in [0.4, 0.5) is 5.69 Å². The van der Waals surface area contributed by atoms with Gasteiger partial charge in [-0.2, -0.15) is 0 Å². The fourth-order valence-corrected chi connectivity index (χ4v) is 1.43. The van der Waals surface area contributed by atoms with Gasteiger partial charge in [0.05, 0.1) is 17.4 Å². The number of pyridine rings is 1. The first-order valence-corrected chi connectivity index (χ1v) is 5.08. The molecule has 2 atom stereocenters. The van der Waals surface area contributed by atoms with E-state index in [1.807, 2.05) is 0 Å². The quantitative estimate of drug-likeness (QED) is 0.405. The van der Waals surface area contributed by atoms with Crippen LogP contribution in [0.1, 0.15) is 18.1 Å². The number of hydrogen-bond donors (Lipinski definition) is 3. The zero-order valence-electron chi connectivity index (χ0n) is 8.86. The molecule has 0 saturated heterocycles. The Kier molecular flexibility index (Phi) is 4.54. The minimum absolute atomic E-state index is 0.0835. The fraction of sp³-hybridized carbons (Fsp3) is 0.333. The average molecular weight is 277 g/mol. The van der Waals surface area contributed by atoms with Crippen LogP contribution in [0.25, 0.3) is 0 Å². The number of carboxylic acids is 1. The van der Waals surface area contributed by atoms with E-state index in [1.54, 1.807) is 0 Å². The normalized spacial score (nSPS) is 13.9. The van der Waals surface area contributed by atoms with Gasteiger partial charge in [-0.15, -0.1) is 0 Å². The maximum absolute atomic E-state index is 10.6. The molecule has 3 N–H and O–H groups in total. The highest BCUT2D eigenvalue weighted by Crippen LogP contribution is 2.27. The topological polar surface area (TPSA) is 134 Å². The molecule has 18 heavy (non-hydrogen) atoms. The Morgan fingerprint density at radius 1 is 1.56 bits per heavy atom. The van der Waals surface area contributed by atoms with Crippen molar-refractivity contribution in [2.75, 3.05) is 0 Å². The number of carbonyl (C=O) groups is 1. The molecule has 98 valence electrons. The summed E-state index contributed by atoms with van der Waals surface area (Å²) in [6, 6.07) is 0.936. The Hall–Kier alpha value is -1.77. The van der Waals surface area contributed by atoms with Crippen molar-refractivity contribution in [1.29, 1.82) is 0 Å². The zero-order valence-corrected chi connectivity index (χ0v) is 9.61. The summed E-state index contributed by atoms with van der Waals surface area (Å²) in [5.74, 6) is -1.31. The summed E-state index contributed by atoms with van der Waals surface area (Å²) in [6.07, 6.45) is -2.85. The van der Waals surface area contributed by atoms with Gasteiger partial charge in [0, 0.05) is 17.8 Å². The molecule has 1 aromatic rings. The highest BCUT2D eigenvalue weighted by atomic mass is 35.5. The van der Waals surface area contributed by atoms with Crippen LogP contribution in [0.2, 0.25) is 5.15 Å². The van der Waals surface area contributed by atoms with Gasteiger partial charge >= 0.3 is 11.7 Å². The highest BCUT2D eigenvalue weighted by Gasteiger charge is 2.24. The summed E-state index contributed by atoms with van der Waals surface area (Å²) < 4.78 is 0. The minimum atomic E-state index is -1.59. The summed E-state index contributed by atoms with van der Waals surface area (Å²) in [7, 11) is 0. The molecule has 0 amide bonds. The van der Waals surface area contributed by atoms with Crippen molar-refractivity contribution < 1.29 is 25.0 Å². The minimum Gasteiger partial charge on any atom is -0.481 e. The molecule has 0 saturated carbocycles.